The van der Waals surface area contributed by atoms with Gasteiger partial charge in [0.05, 0.1) is 0 Å². The molecule has 5 heteroatoms. The first-order valence-electron chi connectivity index (χ1n) is 8.85. The Bertz CT molecular complexity index is 796. The van der Waals surface area contributed by atoms with Gasteiger partial charge in [-0.05, 0) is 48.9 Å². The lowest BCUT2D eigenvalue weighted by Crippen LogP contribution is -2.33. The summed E-state index contributed by atoms with van der Waals surface area (Å²) in [6.45, 7) is 1.94. The number of carbonyl (C=O) groups excluding carboxylic acids is 2. The number of para-hydroxylation sites is 1. The molecule has 27 heavy (non-hydrogen) atoms. The van der Waals surface area contributed by atoms with Crippen molar-refractivity contribution >= 4 is 28.6 Å². The van der Waals surface area contributed by atoms with Crippen LogP contribution in [0.25, 0.3) is 0 Å². The molecule has 0 fully saturated rings. The van der Waals surface area contributed by atoms with Crippen LogP contribution in [0.4, 0.5) is 17.1 Å². The number of rotatable bonds is 10. The number of hydrogen-bond acceptors (Lipinski definition) is 5. The Morgan fingerprint density at radius 1 is 0.963 bits per heavy atom. The Balaban J connectivity index is 1.83. The van der Waals surface area contributed by atoms with Gasteiger partial charge in [-0.1, -0.05) is 43.4 Å². The van der Waals surface area contributed by atoms with Crippen molar-refractivity contribution < 1.29 is 14.7 Å². The maximum atomic E-state index is 11.9. The molecule has 2 aromatic rings. The maximum Gasteiger partial charge on any atom is 0.232 e. The molecule has 5 nitrogen and oxygen atoms in total. The molecule has 2 rings (SSSR count). The summed E-state index contributed by atoms with van der Waals surface area (Å²) in [5.74, 6) is -1.54. The van der Waals surface area contributed by atoms with Crippen LogP contribution in [0.1, 0.15) is 13.3 Å². The van der Waals surface area contributed by atoms with E-state index in [1.807, 2.05) is 67.6 Å². The number of carbonyl (C=O) groups is 2. The molecule has 1 atom stereocenters. The summed E-state index contributed by atoms with van der Waals surface area (Å²) in [4.78, 5) is 23.6. The highest BCUT2D eigenvalue weighted by atomic mass is 16.3. The number of benzene rings is 2. The van der Waals surface area contributed by atoms with Crippen molar-refractivity contribution in [3.8, 4) is 0 Å². The zero-order valence-electron chi connectivity index (χ0n) is 15.3. The molecule has 0 spiro atoms. The lowest BCUT2D eigenvalue weighted by Gasteiger charge is -2.12. The monoisotopic (exact) mass is 364 g/mol. The predicted octanol–water partition coefficient (Wildman–Crippen LogP) is 3.86. The van der Waals surface area contributed by atoms with Crippen LogP contribution in [0.2, 0.25) is 0 Å². The van der Waals surface area contributed by atoms with Crippen LogP contribution in [0.3, 0.4) is 0 Å². The lowest BCUT2D eigenvalue weighted by molar-refractivity contribution is -0.138. The molecule has 140 valence electrons. The second-order valence-electron chi connectivity index (χ2n) is 5.89. The topological polar surface area (TPSA) is 78.4 Å². The van der Waals surface area contributed by atoms with E-state index in [1.54, 1.807) is 6.08 Å². The van der Waals surface area contributed by atoms with E-state index in [-0.39, 0.29) is 6.54 Å². The van der Waals surface area contributed by atoms with E-state index in [4.69, 9.17) is 0 Å². The highest BCUT2D eigenvalue weighted by molar-refractivity contribution is 6.43. The minimum atomic E-state index is -1.39. The van der Waals surface area contributed by atoms with Crippen LogP contribution in [-0.2, 0) is 9.59 Å². The quantitative estimate of drug-likeness (QED) is 0.339. The van der Waals surface area contributed by atoms with Gasteiger partial charge in [0.15, 0.2) is 0 Å². The number of allylic oxidation sites excluding steroid dienone is 4. The van der Waals surface area contributed by atoms with Gasteiger partial charge in [0, 0.05) is 23.6 Å². The summed E-state index contributed by atoms with van der Waals surface area (Å²) >= 11 is 0. The highest BCUT2D eigenvalue weighted by Crippen LogP contribution is 2.18. The average molecular weight is 364 g/mol. The van der Waals surface area contributed by atoms with Gasteiger partial charge in [0.2, 0.25) is 11.6 Å². The Morgan fingerprint density at radius 2 is 1.59 bits per heavy atom. The van der Waals surface area contributed by atoms with Gasteiger partial charge in [0.25, 0.3) is 0 Å². The van der Waals surface area contributed by atoms with Crippen molar-refractivity contribution in [1.29, 1.82) is 0 Å². The first-order chi connectivity index (χ1) is 13.1. The molecule has 0 saturated heterocycles. The molecule has 1 unspecified atom stereocenters. The Kier molecular flexibility index (Phi) is 8.00. The summed E-state index contributed by atoms with van der Waals surface area (Å²) in [7, 11) is 0. The normalized spacial score (nSPS) is 12.2. The molecule has 0 heterocycles. The van der Waals surface area contributed by atoms with Crippen LogP contribution in [0, 0.1) is 0 Å². The second kappa shape index (κ2) is 10.7. The summed E-state index contributed by atoms with van der Waals surface area (Å²) < 4.78 is 0. The van der Waals surface area contributed by atoms with Crippen LogP contribution in [0.15, 0.2) is 78.9 Å². The fourth-order valence-corrected chi connectivity index (χ4v) is 2.27. The number of aliphatic hydroxyl groups is 1. The maximum absolute atomic E-state index is 11.9. The third-order valence-electron chi connectivity index (χ3n) is 3.72. The fourth-order valence-electron chi connectivity index (χ4n) is 2.27. The first-order valence-corrected chi connectivity index (χ1v) is 8.85. The van der Waals surface area contributed by atoms with E-state index in [0.29, 0.717) is 0 Å². The minimum absolute atomic E-state index is 0.0331. The van der Waals surface area contributed by atoms with E-state index in [9.17, 15) is 14.7 Å². The second-order valence-corrected chi connectivity index (χ2v) is 5.89. The number of nitrogens with one attached hydrogen (secondary N) is 2. The van der Waals surface area contributed by atoms with Gasteiger partial charge in [-0.2, -0.15) is 0 Å². The molecule has 0 aromatic heterocycles. The van der Waals surface area contributed by atoms with Crippen LogP contribution < -0.4 is 10.6 Å². The number of ketones is 2. The largest absolute Gasteiger partial charge is 0.383 e. The number of Topliss-reactive ketones (excluding diaryl/α,β-unsaturated/α-hetero) is 1. The molecule has 0 radical (unpaired) electrons. The predicted molar refractivity (Wildman–Crippen MR) is 109 cm³/mol. The number of aliphatic hydroxyl groups excluding tert-OH is 1. The van der Waals surface area contributed by atoms with Crippen LogP contribution in [0.5, 0.6) is 0 Å². The highest BCUT2D eigenvalue weighted by Gasteiger charge is 2.20. The Hall–Kier alpha value is -3.18. The van der Waals surface area contributed by atoms with Gasteiger partial charge in [-0.3, -0.25) is 9.59 Å². The minimum Gasteiger partial charge on any atom is -0.383 e. The standard InChI is InChI=1S/C22H24N2O3/c1-2-3-4-8-11-20(25)22(27)21(26)16-23-17-12-14-19(15-13-17)24-18-9-6-5-7-10-18/h3-15,21,23-24,26H,2,16H2,1H3. The summed E-state index contributed by atoms with van der Waals surface area (Å²) in [5.41, 5.74) is 2.65. The molecule has 0 amide bonds. The van der Waals surface area contributed by atoms with E-state index in [0.717, 1.165) is 23.5 Å². The molecule has 0 bridgehead atoms. The molecule has 2 aromatic carbocycles. The molecule has 0 saturated carbocycles. The van der Waals surface area contributed by atoms with Crippen molar-refractivity contribution in [2.45, 2.75) is 19.4 Å². The summed E-state index contributed by atoms with van der Waals surface area (Å²) in [5, 5.41) is 16.1. The van der Waals surface area contributed by atoms with Crippen molar-refractivity contribution in [2.75, 3.05) is 17.2 Å². The molecule has 0 aliphatic carbocycles. The smallest absolute Gasteiger partial charge is 0.232 e. The van der Waals surface area contributed by atoms with E-state index in [2.05, 4.69) is 10.6 Å². The zero-order chi connectivity index (χ0) is 19.5. The van der Waals surface area contributed by atoms with E-state index >= 15 is 0 Å². The van der Waals surface area contributed by atoms with Gasteiger partial charge >= 0.3 is 0 Å². The molecular formula is C22H24N2O3. The Labute approximate surface area is 159 Å². The number of hydrogen-bond donors (Lipinski definition) is 3. The third kappa shape index (κ3) is 6.92. The number of anilines is 3. The molecular weight excluding hydrogens is 340 g/mol. The van der Waals surface area contributed by atoms with Crippen molar-refractivity contribution in [2.24, 2.45) is 0 Å². The van der Waals surface area contributed by atoms with Crippen molar-refractivity contribution in [3.05, 3.63) is 78.9 Å². The zero-order valence-corrected chi connectivity index (χ0v) is 15.3. The van der Waals surface area contributed by atoms with Crippen molar-refractivity contribution in [1.82, 2.24) is 0 Å². The summed E-state index contributed by atoms with van der Waals surface area (Å²) in [6.07, 6.45) is 5.69. The Morgan fingerprint density at radius 3 is 2.26 bits per heavy atom. The molecule has 3 N–H and O–H groups in total. The third-order valence-corrected chi connectivity index (χ3v) is 3.72. The van der Waals surface area contributed by atoms with Crippen molar-refractivity contribution in [3.63, 3.8) is 0 Å². The first kappa shape index (κ1) is 20.1. The fraction of sp³-hybridized carbons (Fsp3) is 0.182. The summed E-state index contributed by atoms with van der Waals surface area (Å²) in [6, 6.07) is 17.2. The van der Waals surface area contributed by atoms with Crippen LogP contribution >= 0.6 is 0 Å². The van der Waals surface area contributed by atoms with Gasteiger partial charge < -0.3 is 15.7 Å². The van der Waals surface area contributed by atoms with Gasteiger partial charge in [0.1, 0.15) is 6.10 Å². The van der Waals surface area contributed by atoms with E-state index in [1.165, 1.54) is 12.2 Å². The van der Waals surface area contributed by atoms with E-state index < -0.39 is 17.7 Å². The average Bonchev–Trinajstić information content (AvgIpc) is 2.70. The SMILES string of the molecule is CCC=CC=CC(=O)C(=O)C(O)CNc1ccc(Nc2ccccc2)cc1. The molecule has 0 aliphatic heterocycles. The molecule has 0 aliphatic rings. The van der Waals surface area contributed by atoms with Gasteiger partial charge in [-0.15, -0.1) is 0 Å². The lowest BCUT2D eigenvalue weighted by atomic mass is 10.1. The van der Waals surface area contributed by atoms with Crippen LogP contribution in [-0.4, -0.2) is 29.3 Å². The van der Waals surface area contributed by atoms with Gasteiger partial charge in [-0.25, -0.2) is 0 Å².